The summed E-state index contributed by atoms with van der Waals surface area (Å²) in [4.78, 5) is 67.4. The molecule has 28 heteroatoms. The molecule has 4 heterocycles. The molecule has 0 unspecified atom stereocenters. The lowest BCUT2D eigenvalue weighted by Crippen LogP contribution is -2.65. The van der Waals surface area contributed by atoms with Gasteiger partial charge in [0.15, 0.2) is 11.6 Å². The molecule has 2 aliphatic rings. The number of likely N-dealkylation sites (tertiary alicyclic amines) is 1. The van der Waals surface area contributed by atoms with Gasteiger partial charge in [0, 0.05) is 13.0 Å². The third kappa shape index (κ3) is 14.3. The van der Waals surface area contributed by atoms with Crippen LogP contribution in [0.3, 0.4) is 0 Å². The third-order valence-electron chi connectivity index (χ3n) is 16.5. The van der Waals surface area contributed by atoms with Crippen LogP contribution in [0.2, 0.25) is 0 Å². The Morgan fingerprint density at radius 2 is 1.03 bits per heavy atom. The first-order valence-corrected chi connectivity index (χ1v) is 27.9. The monoisotopic (exact) mass is 1270 g/mol. The van der Waals surface area contributed by atoms with E-state index in [4.69, 9.17) is 14.2 Å². The molecule has 5 aromatic carbocycles. The number of aromatic amines is 2. The van der Waals surface area contributed by atoms with E-state index in [1.54, 1.807) is 85.8 Å². The van der Waals surface area contributed by atoms with E-state index in [1.807, 2.05) is 12.1 Å². The molecule has 0 spiro atoms. The first-order valence-electron chi connectivity index (χ1n) is 27.9. The number of piperidine rings is 2. The Balaban J connectivity index is 0.000000238. The fraction of sp³-hybridized carbons (Fsp3) is 0.371. The molecule has 0 aliphatic carbocycles. The molecular weight excluding hydrogens is 1210 g/mol. The van der Waals surface area contributed by atoms with E-state index in [1.165, 1.54) is 29.6 Å². The molecule has 0 saturated carbocycles. The number of ketones is 2. The van der Waals surface area contributed by atoms with E-state index < -0.39 is 123 Å². The summed E-state index contributed by atoms with van der Waals surface area (Å²) in [5, 5.41) is 15.4. The van der Waals surface area contributed by atoms with Crippen LogP contribution in [0.15, 0.2) is 162 Å². The Bertz CT molecular complexity index is 3700. The number of hydrogen-bond donors (Lipinski definition) is 3. The lowest BCUT2D eigenvalue weighted by molar-refractivity contribution is -0.145. The van der Waals surface area contributed by atoms with Gasteiger partial charge in [-0.05, 0) is 110 Å². The smallest absolute Gasteiger partial charge is 0.416 e. The molecule has 0 radical (unpaired) electrons. The van der Waals surface area contributed by atoms with Crippen LogP contribution in [0.4, 0.5) is 57.5 Å². The van der Waals surface area contributed by atoms with Gasteiger partial charge in [0.25, 0.3) is 0 Å². The SMILES string of the molecule is C=CC(=O)[C@]1(n2cn[nH]c2=O)CC[C@@](CO[C@H](C)c2cc(C(F)(F)F)cc(C(F)(F)F)c2)(c2ccccc2)N(C(=O)OCc2ccccc2)C1.CCC(=O)[C@]1(n2cn[nH]c2=O)CC[C@@](CO[C@H](C)c2cc(C(F)(F)F)cc(C(F)(F)F)c2)(c2ccccc2)NC1. The van der Waals surface area contributed by atoms with E-state index in [0.717, 1.165) is 22.5 Å². The average molecular weight is 1270 g/mol. The van der Waals surface area contributed by atoms with E-state index in [-0.39, 0.29) is 75.3 Å². The maximum atomic E-state index is 14.2. The fourth-order valence-electron chi connectivity index (χ4n) is 11.4. The number of aromatic nitrogens is 6. The summed E-state index contributed by atoms with van der Waals surface area (Å²) >= 11 is 0. The van der Waals surface area contributed by atoms with Crippen molar-refractivity contribution in [2.75, 3.05) is 26.3 Å². The standard InChI is InChI=1S/C35H32F6N4O5.C27H28F6N4O3/c1-3-29(46)32(45-22-42-43-30(45)47)14-15-33(26-12-8-5-9-13-26,44(20-32)31(48)49-19-24-10-6-4-7-11-24)21-50-23(2)25-16-27(34(36,37)38)18-28(17-25)35(39,40)41;1-3-22(38)25(37-16-35-36-23(37)39)10-9-24(34-14-25,19-7-5-4-6-8-19)15-40-17(2)18-11-20(26(28,29)30)13-21(12-18)27(31,32)33/h3-13,16-18,22-23H,1,14-15,19-21H2,2H3,(H,43,47);4-8,11-13,16-17,34H,3,9-10,14-15H2,1-2H3,(H,36,39)/t23-,32+,33-;17-,24-,25+/m11/s1. The first-order chi connectivity index (χ1) is 42.3. The van der Waals surface area contributed by atoms with Crippen LogP contribution in [-0.2, 0) is 77.3 Å². The van der Waals surface area contributed by atoms with Crippen molar-refractivity contribution < 1.29 is 81.3 Å². The number of ether oxygens (including phenoxy) is 3. The Morgan fingerprint density at radius 1 is 0.600 bits per heavy atom. The Hall–Kier alpha value is -8.63. The minimum atomic E-state index is -5.07. The second kappa shape index (κ2) is 26.4. The molecule has 2 aromatic heterocycles. The number of carbonyl (C=O) groups excluding carboxylic acids is 3. The van der Waals surface area contributed by atoms with Crippen molar-refractivity contribution in [1.29, 1.82) is 0 Å². The van der Waals surface area contributed by atoms with Gasteiger partial charge in [0.1, 0.15) is 30.3 Å². The van der Waals surface area contributed by atoms with Crippen molar-refractivity contribution in [3.8, 4) is 0 Å². The lowest BCUT2D eigenvalue weighted by atomic mass is 9.73. The molecule has 7 aromatic rings. The number of nitrogens with zero attached hydrogens (tertiary/aromatic N) is 5. The normalized spacial score (nSPS) is 21.3. The summed E-state index contributed by atoms with van der Waals surface area (Å²) < 4.78 is 183. The molecule has 2 aliphatic heterocycles. The van der Waals surface area contributed by atoms with Crippen LogP contribution in [-0.4, -0.2) is 78.4 Å². The highest BCUT2D eigenvalue weighted by molar-refractivity contribution is 5.96. The summed E-state index contributed by atoms with van der Waals surface area (Å²) in [7, 11) is 0. The number of amides is 1. The van der Waals surface area contributed by atoms with Gasteiger partial charge in [-0.25, -0.2) is 24.6 Å². The molecule has 1 amide bonds. The van der Waals surface area contributed by atoms with Crippen LogP contribution in [0.25, 0.3) is 0 Å². The van der Waals surface area contributed by atoms with E-state index in [0.29, 0.717) is 35.4 Å². The summed E-state index contributed by atoms with van der Waals surface area (Å²) in [5.41, 5.74) is -11.3. The molecule has 2 fully saturated rings. The van der Waals surface area contributed by atoms with Crippen molar-refractivity contribution in [1.82, 2.24) is 39.7 Å². The highest BCUT2D eigenvalue weighted by Crippen LogP contribution is 2.47. The molecular formula is C62H60F12N8O8. The molecule has 6 atom stereocenters. The number of nitrogens with one attached hydrogen (secondary N) is 3. The van der Waals surface area contributed by atoms with Crippen molar-refractivity contribution in [3.05, 3.63) is 224 Å². The van der Waals surface area contributed by atoms with Crippen molar-refractivity contribution >= 4 is 17.7 Å². The maximum absolute atomic E-state index is 14.2. The zero-order valence-electron chi connectivity index (χ0n) is 48.3. The number of Topliss-reactive ketones (excluding diaryl/α,β-unsaturated/α-hetero) is 1. The fourth-order valence-corrected chi connectivity index (χ4v) is 11.4. The second-order valence-electron chi connectivity index (χ2n) is 21.9. The van der Waals surface area contributed by atoms with Crippen molar-refractivity contribution in [2.45, 2.75) is 119 Å². The van der Waals surface area contributed by atoms with Gasteiger partial charge in [-0.2, -0.15) is 62.9 Å². The zero-order chi connectivity index (χ0) is 65.7. The van der Waals surface area contributed by atoms with Gasteiger partial charge in [-0.3, -0.25) is 23.6 Å². The van der Waals surface area contributed by atoms with Gasteiger partial charge in [-0.1, -0.05) is 104 Å². The summed E-state index contributed by atoms with van der Waals surface area (Å²) in [6.07, 6.45) is -19.6. The van der Waals surface area contributed by atoms with Crippen molar-refractivity contribution in [2.24, 2.45) is 0 Å². The van der Waals surface area contributed by atoms with Crippen LogP contribution in [0, 0.1) is 0 Å². The molecule has 480 valence electrons. The van der Waals surface area contributed by atoms with E-state index in [2.05, 4.69) is 32.3 Å². The molecule has 2 saturated heterocycles. The number of benzene rings is 5. The highest BCUT2D eigenvalue weighted by Gasteiger charge is 2.56. The topological polar surface area (TPSA) is 196 Å². The third-order valence-corrected chi connectivity index (χ3v) is 16.5. The Kier molecular flexibility index (Phi) is 19.8. The quantitative estimate of drug-likeness (QED) is 0.0546. The van der Waals surface area contributed by atoms with Gasteiger partial charge in [0.2, 0.25) is 0 Å². The minimum absolute atomic E-state index is 0.0214. The number of allylic oxidation sites excluding steroid dienone is 1. The number of H-pyrrole nitrogens is 2. The van der Waals surface area contributed by atoms with Gasteiger partial charge >= 0.3 is 42.2 Å². The average Bonchev–Trinajstić information content (AvgIpc) is 1.02. The minimum Gasteiger partial charge on any atom is -0.445 e. The summed E-state index contributed by atoms with van der Waals surface area (Å²) in [6, 6.07) is 28.7. The van der Waals surface area contributed by atoms with Gasteiger partial charge in [0.05, 0.1) is 65.3 Å². The molecule has 9 rings (SSSR count). The predicted octanol–water partition coefficient (Wildman–Crippen LogP) is 12.5. The van der Waals surface area contributed by atoms with Gasteiger partial charge < -0.3 is 19.5 Å². The Labute approximate surface area is 505 Å². The number of rotatable bonds is 18. The molecule has 3 N–H and O–H groups in total. The largest absolute Gasteiger partial charge is 0.445 e. The lowest BCUT2D eigenvalue weighted by Gasteiger charge is -2.52. The van der Waals surface area contributed by atoms with Crippen LogP contribution >= 0.6 is 0 Å². The number of carbonyl (C=O) groups is 3. The molecule has 0 bridgehead atoms. The number of halogens is 12. The first kappa shape index (κ1) is 67.3. The van der Waals surface area contributed by atoms with E-state index in [9.17, 15) is 76.7 Å². The predicted molar refractivity (Wildman–Crippen MR) is 300 cm³/mol. The number of hydrogen-bond acceptors (Lipinski definition) is 11. The highest BCUT2D eigenvalue weighted by atomic mass is 19.4. The maximum Gasteiger partial charge on any atom is 0.416 e. The summed E-state index contributed by atoms with van der Waals surface area (Å²) in [6.45, 7) is 6.75. The van der Waals surface area contributed by atoms with Crippen LogP contribution in [0.1, 0.15) is 115 Å². The molecule has 16 nitrogen and oxygen atoms in total. The van der Waals surface area contributed by atoms with Crippen LogP contribution in [0.5, 0.6) is 0 Å². The number of alkyl halides is 12. The van der Waals surface area contributed by atoms with E-state index >= 15 is 0 Å². The zero-order valence-corrected chi connectivity index (χ0v) is 48.3. The second-order valence-corrected chi connectivity index (χ2v) is 21.9. The Morgan fingerprint density at radius 3 is 1.44 bits per heavy atom. The van der Waals surface area contributed by atoms with Crippen LogP contribution < -0.4 is 16.7 Å². The summed E-state index contributed by atoms with van der Waals surface area (Å²) in [5.74, 6) is -0.801. The molecule has 90 heavy (non-hydrogen) atoms. The van der Waals surface area contributed by atoms with Gasteiger partial charge in [-0.15, -0.1) is 0 Å². The van der Waals surface area contributed by atoms with Crippen molar-refractivity contribution in [3.63, 3.8) is 0 Å².